The summed E-state index contributed by atoms with van der Waals surface area (Å²) in [6.07, 6.45) is -1.62. The third kappa shape index (κ3) is 6.19. The van der Waals surface area contributed by atoms with E-state index < -0.39 is 141 Å². The summed E-state index contributed by atoms with van der Waals surface area (Å²) in [6, 6.07) is 0. The van der Waals surface area contributed by atoms with Crippen LogP contribution in [-0.2, 0) is 4.65 Å². The molecule has 3 aromatic rings. The van der Waals surface area contributed by atoms with E-state index in [4.69, 9.17) is 0 Å². The van der Waals surface area contributed by atoms with Gasteiger partial charge in [-0.05, 0) is 6.42 Å². The number of hydrogen-bond acceptors (Lipinski definition) is 3. The highest BCUT2D eigenvalue weighted by atomic mass is 19.2. The Morgan fingerprint density at radius 3 is 1.20 bits per heavy atom. The van der Waals surface area contributed by atoms with E-state index in [1.165, 1.54) is 6.92 Å². The topological polar surface area (TPSA) is 49.7 Å². The van der Waals surface area contributed by atoms with Crippen molar-refractivity contribution in [3.63, 3.8) is 0 Å². The van der Waals surface area contributed by atoms with Crippen LogP contribution in [0.25, 0.3) is 11.3 Å². The zero-order valence-electron chi connectivity index (χ0n) is 22.0. The molecule has 0 heterocycles. The fraction of sp³-hybridized carbons (Fsp3) is 0.231. The minimum absolute atomic E-state index is 0.0857. The summed E-state index contributed by atoms with van der Waals surface area (Å²) in [4.78, 5) is 0. The van der Waals surface area contributed by atoms with E-state index in [2.05, 4.69) is 4.65 Å². The Balaban J connectivity index is 2.80. The van der Waals surface area contributed by atoms with Crippen molar-refractivity contribution in [2.45, 2.75) is 38.5 Å². The Kier molecular flexibility index (Phi) is 10.8. The summed E-state index contributed by atoms with van der Waals surface area (Å²) in [7, 11) is -3.53. The van der Waals surface area contributed by atoms with E-state index in [1.54, 1.807) is 0 Å². The molecule has 0 bridgehead atoms. The lowest BCUT2D eigenvalue weighted by Gasteiger charge is -2.27. The number of hydrogen-bond donors (Lipinski definition) is 2. The highest BCUT2D eigenvalue weighted by molar-refractivity contribution is 6.34. The van der Waals surface area contributed by atoms with E-state index in [9.17, 15) is 49.6 Å². The SMILES string of the molecule is CCCCCC(/C(=C(/OB(O)O)c1c(F)c(F)c(F)c(F)c1F)c1c(F)c(F)c(F)c(F)c1F)c1c(F)c(F)c(F)c(F)c1F. The van der Waals surface area contributed by atoms with Gasteiger partial charge in [-0.3, -0.25) is 0 Å². The highest BCUT2D eigenvalue weighted by Gasteiger charge is 2.41. The monoisotopic (exact) mass is 670 g/mol. The number of allylic oxidation sites excluding steroid dienone is 1. The van der Waals surface area contributed by atoms with Gasteiger partial charge in [0.25, 0.3) is 0 Å². The second-order valence-electron chi connectivity index (χ2n) is 9.11. The first-order valence-corrected chi connectivity index (χ1v) is 12.2. The molecule has 0 amide bonds. The van der Waals surface area contributed by atoms with Crippen molar-refractivity contribution in [3.05, 3.63) is 104 Å². The summed E-state index contributed by atoms with van der Waals surface area (Å²) in [5, 5.41) is 18.9. The Labute approximate surface area is 242 Å². The normalized spacial score (nSPS) is 12.8. The van der Waals surface area contributed by atoms with Gasteiger partial charge in [-0.2, -0.15) is 0 Å². The van der Waals surface area contributed by atoms with Crippen molar-refractivity contribution < 1.29 is 80.6 Å². The maximum atomic E-state index is 15.3. The van der Waals surface area contributed by atoms with E-state index in [-0.39, 0.29) is 12.8 Å². The maximum Gasteiger partial charge on any atom is 0.707 e. The summed E-state index contributed by atoms with van der Waals surface area (Å²) >= 11 is 0. The molecule has 19 heteroatoms. The van der Waals surface area contributed by atoms with Crippen LogP contribution in [0, 0.1) is 87.3 Å². The molecule has 3 aromatic carbocycles. The van der Waals surface area contributed by atoms with Crippen LogP contribution in [0.3, 0.4) is 0 Å². The second kappa shape index (κ2) is 13.6. The van der Waals surface area contributed by atoms with Gasteiger partial charge in [0.15, 0.2) is 69.8 Å². The van der Waals surface area contributed by atoms with Gasteiger partial charge in [-0.1, -0.05) is 26.2 Å². The number of benzene rings is 3. The lowest BCUT2D eigenvalue weighted by Crippen LogP contribution is -2.23. The number of rotatable bonds is 10. The van der Waals surface area contributed by atoms with Gasteiger partial charge < -0.3 is 14.7 Å². The molecule has 0 radical (unpaired) electrons. The lowest BCUT2D eigenvalue weighted by atomic mass is 9.79. The molecule has 0 aliphatic heterocycles. The molecule has 0 fully saturated rings. The fourth-order valence-electron chi connectivity index (χ4n) is 4.41. The van der Waals surface area contributed by atoms with Crippen molar-refractivity contribution in [2.24, 2.45) is 0 Å². The molecule has 45 heavy (non-hydrogen) atoms. The molecular weight excluding hydrogens is 656 g/mol. The predicted molar refractivity (Wildman–Crippen MR) is 124 cm³/mol. The molecule has 1 unspecified atom stereocenters. The molecule has 3 nitrogen and oxygen atoms in total. The zero-order chi connectivity index (χ0) is 34.2. The molecule has 0 aliphatic carbocycles. The average molecular weight is 670 g/mol. The Bertz CT molecular complexity index is 1610. The maximum absolute atomic E-state index is 15.3. The van der Waals surface area contributed by atoms with Crippen molar-refractivity contribution in [3.8, 4) is 0 Å². The third-order valence-electron chi connectivity index (χ3n) is 6.42. The summed E-state index contributed by atoms with van der Waals surface area (Å²) in [6.45, 7) is 1.46. The van der Waals surface area contributed by atoms with Crippen molar-refractivity contribution in [2.75, 3.05) is 0 Å². The third-order valence-corrected chi connectivity index (χ3v) is 6.42. The molecular formula is C26H14BF15O3. The van der Waals surface area contributed by atoms with E-state index in [0.717, 1.165) is 0 Å². The van der Waals surface area contributed by atoms with Gasteiger partial charge >= 0.3 is 7.32 Å². The standard InChI is InChI=1S/C26H14BF15O3/c1-2-3-4-5-6(8-11(28)17(34)23(40)18(35)12(8)29)7(9-13(30)19(36)24(41)20(37)14(9)31)26(45-27(43)44)10-15(32)21(38)25(42)22(39)16(10)33/h6,43-44H,2-5H2,1H3/b26-7-. The molecule has 0 aromatic heterocycles. The van der Waals surface area contributed by atoms with Crippen LogP contribution >= 0.6 is 0 Å². The van der Waals surface area contributed by atoms with Crippen LogP contribution in [0.4, 0.5) is 65.9 Å². The first-order chi connectivity index (χ1) is 20.9. The largest absolute Gasteiger partial charge is 0.707 e. The minimum Gasteiger partial charge on any atom is -0.511 e. The summed E-state index contributed by atoms with van der Waals surface area (Å²) < 4.78 is 222. The average Bonchev–Trinajstić information content (AvgIpc) is 3.00. The van der Waals surface area contributed by atoms with Crippen LogP contribution < -0.4 is 0 Å². The smallest absolute Gasteiger partial charge is 0.511 e. The molecule has 0 spiro atoms. The highest BCUT2D eigenvalue weighted by Crippen LogP contribution is 2.48. The van der Waals surface area contributed by atoms with Gasteiger partial charge in [-0.25, -0.2) is 65.9 Å². The number of halogens is 15. The van der Waals surface area contributed by atoms with Crippen LogP contribution in [-0.4, -0.2) is 17.4 Å². The molecule has 1 atom stereocenters. The van der Waals surface area contributed by atoms with Gasteiger partial charge in [0.2, 0.25) is 17.5 Å². The van der Waals surface area contributed by atoms with E-state index >= 15 is 26.3 Å². The summed E-state index contributed by atoms with van der Waals surface area (Å²) in [5.74, 6) is -48.8. The molecule has 244 valence electrons. The van der Waals surface area contributed by atoms with Crippen LogP contribution in [0.1, 0.15) is 55.2 Å². The van der Waals surface area contributed by atoms with Crippen molar-refractivity contribution in [1.29, 1.82) is 0 Å². The van der Waals surface area contributed by atoms with E-state index in [1.807, 2.05) is 0 Å². The lowest BCUT2D eigenvalue weighted by molar-refractivity contribution is 0.267. The molecule has 0 saturated heterocycles. The number of unbranched alkanes of at least 4 members (excludes halogenated alkanes) is 2. The Morgan fingerprint density at radius 2 is 0.844 bits per heavy atom. The Morgan fingerprint density at radius 1 is 0.511 bits per heavy atom. The molecule has 3 rings (SSSR count). The van der Waals surface area contributed by atoms with Gasteiger partial charge in [0.05, 0.1) is 11.1 Å². The van der Waals surface area contributed by atoms with Crippen molar-refractivity contribution in [1.82, 2.24) is 0 Å². The predicted octanol–water partition coefficient (Wildman–Crippen LogP) is 7.99. The minimum atomic E-state index is -3.53. The van der Waals surface area contributed by atoms with Gasteiger partial charge in [0.1, 0.15) is 5.76 Å². The summed E-state index contributed by atoms with van der Waals surface area (Å²) in [5.41, 5.74) is -9.36. The molecule has 0 saturated carbocycles. The van der Waals surface area contributed by atoms with E-state index in [0.29, 0.717) is 0 Å². The van der Waals surface area contributed by atoms with Crippen LogP contribution in [0.15, 0.2) is 0 Å². The first kappa shape index (κ1) is 35.6. The first-order valence-electron chi connectivity index (χ1n) is 12.2. The van der Waals surface area contributed by atoms with Crippen LogP contribution in [0.2, 0.25) is 0 Å². The van der Waals surface area contributed by atoms with Crippen LogP contribution in [0.5, 0.6) is 0 Å². The quantitative estimate of drug-likeness (QED) is 0.0438. The van der Waals surface area contributed by atoms with Gasteiger partial charge in [-0.15, -0.1) is 0 Å². The van der Waals surface area contributed by atoms with Gasteiger partial charge in [0, 0.05) is 17.1 Å². The fourth-order valence-corrected chi connectivity index (χ4v) is 4.41. The van der Waals surface area contributed by atoms with Crippen molar-refractivity contribution >= 4 is 18.7 Å². The molecule has 0 aliphatic rings. The zero-order valence-corrected chi connectivity index (χ0v) is 22.0. The second-order valence-corrected chi connectivity index (χ2v) is 9.11. The molecule has 2 N–H and O–H groups in total. The Hall–Kier alpha value is -3.87.